The minimum atomic E-state index is 0.0642. The molecule has 0 atom stereocenters. The van der Waals surface area contributed by atoms with Crippen molar-refractivity contribution < 1.29 is 4.79 Å². The van der Waals surface area contributed by atoms with E-state index in [1.807, 2.05) is 23.1 Å². The van der Waals surface area contributed by atoms with Crippen LogP contribution in [0.3, 0.4) is 0 Å². The second-order valence-corrected chi connectivity index (χ2v) is 7.13. The van der Waals surface area contributed by atoms with Crippen LogP contribution in [0.1, 0.15) is 16.8 Å². The minimum Gasteiger partial charge on any atom is -0.370 e. The van der Waals surface area contributed by atoms with Gasteiger partial charge in [-0.3, -0.25) is 4.79 Å². The molecule has 1 aromatic heterocycles. The minimum absolute atomic E-state index is 0.0642. The number of hydrogen-bond donors (Lipinski definition) is 1. The van der Waals surface area contributed by atoms with Gasteiger partial charge in [0.25, 0.3) is 5.91 Å². The number of nitrogens with zero attached hydrogens (tertiary/aromatic N) is 4. The van der Waals surface area contributed by atoms with Gasteiger partial charge in [-0.25, -0.2) is 4.98 Å². The van der Waals surface area contributed by atoms with E-state index in [1.54, 1.807) is 6.20 Å². The molecule has 3 rings (SSSR count). The lowest BCUT2D eigenvalue weighted by Gasteiger charge is -2.36. The lowest BCUT2D eigenvalue weighted by atomic mass is 10.2. The van der Waals surface area contributed by atoms with Gasteiger partial charge in [-0.2, -0.15) is 0 Å². The molecule has 1 aliphatic rings. The molecule has 2 aromatic rings. The number of piperazine rings is 1. The van der Waals surface area contributed by atoms with Gasteiger partial charge in [0.1, 0.15) is 5.82 Å². The highest BCUT2D eigenvalue weighted by molar-refractivity contribution is 5.94. The Morgan fingerprint density at radius 1 is 1.07 bits per heavy atom. The summed E-state index contributed by atoms with van der Waals surface area (Å²) in [5, 5.41) is 3.30. The second-order valence-electron chi connectivity index (χ2n) is 7.13. The Hall–Kier alpha value is -2.60. The molecule has 144 valence electrons. The Morgan fingerprint density at radius 2 is 1.81 bits per heavy atom. The Bertz CT molecular complexity index is 709. The van der Waals surface area contributed by atoms with Gasteiger partial charge in [-0.1, -0.05) is 18.2 Å². The molecule has 1 aliphatic heterocycles. The van der Waals surface area contributed by atoms with E-state index in [0.717, 1.165) is 51.5 Å². The Balaban J connectivity index is 1.48. The van der Waals surface area contributed by atoms with E-state index in [9.17, 15) is 4.79 Å². The standard InChI is InChI=1S/C21H29N5O/c1-24(2)12-6-11-22-20-10-9-18(17-23-20)21(27)26-15-13-25(14-16-26)19-7-4-3-5-8-19/h3-5,7-10,17H,6,11-16H2,1-2H3,(H,22,23). The molecule has 1 saturated heterocycles. The molecule has 1 amide bonds. The van der Waals surface area contributed by atoms with Gasteiger partial charge in [-0.05, 0) is 51.3 Å². The van der Waals surface area contributed by atoms with Crippen molar-refractivity contribution in [3.63, 3.8) is 0 Å². The summed E-state index contributed by atoms with van der Waals surface area (Å²) in [5.74, 6) is 0.883. The number of pyridine rings is 1. The Kier molecular flexibility index (Phi) is 6.65. The van der Waals surface area contributed by atoms with E-state index < -0.39 is 0 Å². The van der Waals surface area contributed by atoms with Crippen molar-refractivity contribution in [2.75, 3.05) is 63.6 Å². The summed E-state index contributed by atoms with van der Waals surface area (Å²) < 4.78 is 0. The summed E-state index contributed by atoms with van der Waals surface area (Å²) in [6.45, 7) is 5.10. The first-order valence-corrected chi connectivity index (χ1v) is 9.57. The third kappa shape index (κ3) is 5.44. The van der Waals surface area contributed by atoms with Crippen LogP contribution in [0, 0.1) is 0 Å². The third-order valence-corrected chi connectivity index (χ3v) is 4.79. The van der Waals surface area contributed by atoms with Crippen LogP contribution in [-0.4, -0.2) is 74.1 Å². The smallest absolute Gasteiger partial charge is 0.255 e. The fourth-order valence-corrected chi connectivity index (χ4v) is 3.23. The molecule has 6 heteroatoms. The predicted molar refractivity (Wildman–Crippen MR) is 110 cm³/mol. The van der Waals surface area contributed by atoms with Gasteiger partial charge >= 0.3 is 0 Å². The van der Waals surface area contributed by atoms with Crippen molar-refractivity contribution in [2.45, 2.75) is 6.42 Å². The van der Waals surface area contributed by atoms with Gasteiger partial charge in [0.2, 0.25) is 0 Å². The molecular weight excluding hydrogens is 338 g/mol. The van der Waals surface area contributed by atoms with E-state index in [4.69, 9.17) is 0 Å². The number of para-hydroxylation sites is 1. The zero-order valence-corrected chi connectivity index (χ0v) is 16.3. The molecule has 27 heavy (non-hydrogen) atoms. The highest BCUT2D eigenvalue weighted by Gasteiger charge is 2.22. The van der Waals surface area contributed by atoms with Gasteiger partial charge < -0.3 is 20.0 Å². The van der Waals surface area contributed by atoms with E-state index in [-0.39, 0.29) is 5.91 Å². The van der Waals surface area contributed by atoms with Crippen LogP contribution in [0.15, 0.2) is 48.7 Å². The van der Waals surface area contributed by atoms with Gasteiger partial charge in [0, 0.05) is 44.6 Å². The number of aromatic nitrogens is 1. The number of amides is 1. The highest BCUT2D eigenvalue weighted by atomic mass is 16.2. The Labute approximate surface area is 161 Å². The average Bonchev–Trinajstić information content (AvgIpc) is 2.72. The summed E-state index contributed by atoms with van der Waals surface area (Å²) in [7, 11) is 4.14. The van der Waals surface area contributed by atoms with Crippen molar-refractivity contribution in [2.24, 2.45) is 0 Å². The van der Waals surface area contributed by atoms with Crippen molar-refractivity contribution in [3.8, 4) is 0 Å². The maximum absolute atomic E-state index is 12.7. The quantitative estimate of drug-likeness (QED) is 0.762. The summed E-state index contributed by atoms with van der Waals surface area (Å²) in [5.41, 5.74) is 1.87. The number of carbonyl (C=O) groups is 1. The molecular formula is C21H29N5O. The molecule has 1 N–H and O–H groups in total. The van der Waals surface area contributed by atoms with Crippen LogP contribution >= 0.6 is 0 Å². The number of nitrogens with one attached hydrogen (secondary N) is 1. The van der Waals surface area contributed by atoms with E-state index >= 15 is 0 Å². The maximum atomic E-state index is 12.7. The summed E-state index contributed by atoms with van der Waals surface area (Å²) >= 11 is 0. The summed E-state index contributed by atoms with van der Waals surface area (Å²) in [6.07, 6.45) is 2.74. The van der Waals surface area contributed by atoms with Crippen LogP contribution in [0.2, 0.25) is 0 Å². The normalized spacial score (nSPS) is 14.5. The molecule has 0 radical (unpaired) electrons. The van der Waals surface area contributed by atoms with Crippen molar-refractivity contribution in [1.29, 1.82) is 0 Å². The first-order valence-electron chi connectivity index (χ1n) is 9.57. The molecule has 0 bridgehead atoms. The Morgan fingerprint density at radius 3 is 2.44 bits per heavy atom. The zero-order valence-electron chi connectivity index (χ0n) is 16.3. The number of rotatable bonds is 7. The van der Waals surface area contributed by atoms with Crippen LogP contribution in [0.5, 0.6) is 0 Å². The predicted octanol–water partition coefficient (Wildman–Crippen LogP) is 2.41. The van der Waals surface area contributed by atoms with E-state index in [2.05, 4.69) is 58.5 Å². The van der Waals surface area contributed by atoms with Crippen LogP contribution < -0.4 is 10.2 Å². The van der Waals surface area contributed by atoms with Gasteiger partial charge in [0.15, 0.2) is 0 Å². The average molecular weight is 367 g/mol. The maximum Gasteiger partial charge on any atom is 0.255 e. The van der Waals surface area contributed by atoms with Crippen LogP contribution in [0.4, 0.5) is 11.5 Å². The van der Waals surface area contributed by atoms with Crippen LogP contribution in [-0.2, 0) is 0 Å². The molecule has 0 unspecified atom stereocenters. The third-order valence-electron chi connectivity index (χ3n) is 4.79. The van der Waals surface area contributed by atoms with E-state index in [0.29, 0.717) is 5.56 Å². The lowest BCUT2D eigenvalue weighted by molar-refractivity contribution is 0.0746. The molecule has 0 aliphatic carbocycles. The molecule has 1 aromatic carbocycles. The van der Waals surface area contributed by atoms with Crippen molar-refractivity contribution in [3.05, 3.63) is 54.2 Å². The second kappa shape index (κ2) is 9.37. The first-order chi connectivity index (χ1) is 13.1. The SMILES string of the molecule is CN(C)CCCNc1ccc(C(=O)N2CCN(c3ccccc3)CC2)cn1. The molecule has 0 saturated carbocycles. The number of benzene rings is 1. The number of carbonyl (C=O) groups excluding carboxylic acids is 1. The number of anilines is 2. The van der Waals surface area contributed by atoms with Crippen molar-refractivity contribution >= 4 is 17.4 Å². The summed E-state index contributed by atoms with van der Waals surface area (Å²) in [4.78, 5) is 23.5. The highest BCUT2D eigenvalue weighted by Crippen LogP contribution is 2.17. The summed E-state index contributed by atoms with van der Waals surface area (Å²) in [6, 6.07) is 14.1. The zero-order chi connectivity index (χ0) is 19.1. The molecule has 0 spiro atoms. The lowest BCUT2D eigenvalue weighted by Crippen LogP contribution is -2.48. The fourth-order valence-electron chi connectivity index (χ4n) is 3.23. The van der Waals surface area contributed by atoms with E-state index in [1.165, 1.54) is 5.69 Å². The van der Waals surface area contributed by atoms with Crippen molar-refractivity contribution in [1.82, 2.24) is 14.8 Å². The monoisotopic (exact) mass is 367 g/mol. The van der Waals surface area contributed by atoms with Gasteiger partial charge in [0.05, 0.1) is 5.56 Å². The topological polar surface area (TPSA) is 51.7 Å². The fraction of sp³-hybridized carbons (Fsp3) is 0.429. The molecule has 6 nitrogen and oxygen atoms in total. The first kappa shape index (κ1) is 19.2. The molecule has 1 fully saturated rings. The largest absolute Gasteiger partial charge is 0.370 e. The van der Waals surface area contributed by atoms with Gasteiger partial charge in [-0.15, -0.1) is 0 Å². The van der Waals surface area contributed by atoms with Crippen LogP contribution in [0.25, 0.3) is 0 Å². The number of hydrogen-bond acceptors (Lipinski definition) is 5. The molecule has 2 heterocycles.